The number of nitrogens with one attached hydrogen (secondary N) is 1. The predicted molar refractivity (Wildman–Crippen MR) is 108 cm³/mol. The zero-order valence-corrected chi connectivity index (χ0v) is 15.9. The van der Waals surface area contributed by atoms with Gasteiger partial charge in [-0.25, -0.2) is 4.98 Å². The van der Waals surface area contributed by atoms with E-state index in [2.05, 4.69) is 34.1 Å². The van der Waals surface area contributed by atoms with Gasteiger partial charge in [-0.15, -0.1) is 0 Å². The van der Waals surface area contributed by atoms with Crippen LogP contribution in [0.25, 0.3) is 11.0 Å². The Morgan fingerprint density at radius 2 is 1.78 bits per heavy atom. The second-order valence-electron chi connectivity index (χ2n) is 7.00. The fourth-order valence-corrected chi connectivity index (χ4v) is 3.84. The van der Waals surface area contributed by atoms with Crippen LogP contribution >= 0.6 is 0 Å². The first-order valence-corrected chi connectivity index (χ1v) is 9.78. The third kappa shape index (κ3) is 4.08. The number of para-hydroxylation sites is 2. The molecule has 0 saturated carbocycles. The number of hydrogen-bond donors (Lipinski definition) is 1. The maximum Gasteiger partial charge on any atom is 0.119 e. The van der Waals surface area contributed by atoms with Gasteiger partial charge >= 0.3 is 0 Å². The molecule has 3 aromatic rings. The highest BCUT2D eigenvalue weighted by Crippen LogP contribution is 2.27. The molecule has 0 unspecified atom stereocenters. The van der Waals surface area contributed by atoms with E-state index in [1.807, 2.05) is 24.3 Å². The van der Waals surface area contributed by atoms with Crippen molar-refractivity contribution in [3.8, 4) is 11.5 Å². The molecule has 1 saturated heterocycles. The number of ether oxygens (including phenoxy) is 2. The van der Waals surface area contributed by atoms with Gasteiger partial charge in [-0.1, -0.05) is 12.1 Å². The summed E-state index contributed by atoms with van der Waals surface area (Å²) in [6.07, 6.45) is 4.19. The number of piperidine rings is 1. The molecule has 5 nitrogen and oxygen atoms in total. The molecule has 0 aliphatic carbocycles. The molecule has 1 fully saturated rings. The van der Waals surface area contributed by atoms with Crippen molar-refractivity contribution in [2.24, 2.45) is 0 Å². The summed E-state index contributed by atoms with van der Waals surface area (Å²) in [4.78, 5) is 4.93. The molecule has 27 heavy (non-hydrogen) atoms. The van der Waals surface area contributed by atoms with Crippen LogP contribution in [0.4, 0.5) is 0 Å². The molecular weight excluding hydrogens is 338 g/mol. The van der Waals surface area contributed by atoms with Gasteiger partial charge in [0.1, 0.15) is 17.3 Å². The molecule has 1 N–H and O–H groups in total. The number of nitrogens with zero attached hydrogens (tertiary/aromatic N) is 2. The van der Waals surface area contributed by atoms with Gasteiger partial charge in [-0.2, -0.15) is 0 Å². The minimum Gasteiger partial charge on any atom is -0.497 e. The summed E-state index contributed by atoms with van der Waals surface area (Å²) >= 11 is 0. The smallest absolute Gasteiger partial charge is 0.119 e. The van der Waals surface area contributed by atoms with E-state index < -0.39 is 0 Å². The minimum absolute atomic E-state index is 0.538. The molecule has 4 rings (SSSR count). The van der Waals surface area contributed by atoms with Crippen LogP contribution in [0.5, 0.6) is 11.5 Å². The van der Waals surface area contributed by atoms with Crippen LogP contribution in [0.3, 0.4) is 0 Å². The van der Waals surface area contributed by atoms with Crippen molar-refractivity contribution in [2.45, 2.75) is 31.7 Å². The number of aryl methyl sites for hydroxylation is 1. The van der Waals surface area contributed by atoms with E-state index >= 15 is 0 Å². The van der Waals surface area contributed by atoms with Crippen molar-refractivity contribution < 1.29 is 9.47 Å². The molecule has 0 radical (unpaired) electrons. The highest BCUT2D eigenvalue weighted by atomic mass is 16.5. The molecule has 0 atom stereocenters. The Kier molecular flexibility index (Phi) is 5.58. The number of fused-ring (bicyclic) bond motifs is 1. The lowest BCUT2D eigenvalue weighted by Crippen LogP contribution is -2.30. The standard InChI is InChI=1S/C22H27N3O2/c1-26-18-8-10-19(11-9-18)27-16-4-7-22-24-20-5-2-3-6-21(20)25(22)17-12-14-23-15-13-17/h2-3,5-6,8-11,17,23H,4,7,12-16H2,1H3. The number of aromatic nitrogens is 2. The molecular formula is C22H27N3O2. The van der Waals surface area contributed by atoms with E-state index in [0.29, 0.717) is 12.6 Å². The minimum atomic E-state index is 0.538. The van der Waals surface area contributed by atoms with Crippen molar-refractivity contribution in [1.82, 2.24) is 14.9 Å². The van der Waals surface area contributed by atoms with Crippen molar-refractivity contribution in [3.05, 3.63) is 54.4 Å². The fraction of sp³-hybridized carbons (Fsp3) is 0.409. The average Bonchev–Trinajstić information content (AvgIpc) is 3.10. The third-order valence-electron chi connectivity index (χ3n) is 5.22. The first-order valence-electron chi connectivity index (χ1n) is 9.78. The molecule has 1 aliphatic heterocycles. The SMILES string of the molecule is COc1ccc(OCCCc2nc3ccccc3n2C2CCNCC2)cc1. The summed E-state index contributed by atoms with van der Waals surface area (Å²) in [5, 5.41) is 3.46. The Hall–Kier alpha value is -2.53. The number of hydrogen-bond acceptors (Lipinski definition) is 4. The number of imidazole rings is 1. The van der Waals surface area contributed by atoms with Crippen LogP contribution in [0, 0.1) is 0 Å². The van der Waals surface area contributed by atoms with Gasteiger partial charge in [0, 0.05) is 12.5 Å². The van der Waals surface area contributed by atoms with Crippen LogP contribution in [0.1, 0.15) is 31.1 Å². The van der Waals surface area contributed by atoms with Crippen LogP contribution in [-0.4, -0.2) is 36.4 Å². The van der Waals surface area contributed by atoms with Gasteiger partial charge in [0.2, 0.25) is 0 Å². The molecule has 1 aromatic heterocycles. The van der Waals surface area contributed by atoms with E-state index in [1.165, 1.54) is 11.3 Å². The van der Waals surface area contributed by atoms with Crippen LogP contribution in [0.2, 0.25) is 0 Å². The predicted octanol–water partition coefficient (Wildman–Crippen LogP) is 3.98. The molecule has 1 aliphatic rings. The third-order valence-corrected chi connectivity index (χ3v) is 5.22. The van der Waals surface area contributed by atoms with Crippen LogP contribution in [-0.2, 0) is 6.42 Å². The van der Waals surface area contributed by atoms with Gasteiger partial charge < -0.3 is 19.4 Å². The highest BCUT2D eigenvalue weighted by Gasteiger charge is 2.20. The normalized spacial score (nSPS) is 15.1. The summed E-state index contributed by atoms with van der Waals surface area (Å²) < 4.78 is 13.5. The lowest BCUT2D eigenvalue weighted by Gasteiger charge is -2.26. The molecule has 142 valence electrons. The van der Waals surface area contributed by atoms with E-state index in [-0.39, 0.29) is 0 Å². The molecule has 0 amide bonds. The lowest BCUT2D eigenvalue weighted by molar-refractivity contribution is 0.305. The molecule has 0 spiro atoms. The molecule has 0 bridgehead atoms. The monoisotopic (exact) mass is 365 g/mol. The molecule has 2 aromatic carbocycles. The summed E-state index contributed by atoms with van der Waals surface area (Å²) in [5.41, 5.74) is 2.36. The lowest BCUT2D eigenvalue weighted by atomic mass is 10.1. The van der Waals surface area contributed by atoms with Crippen LogP contribution < -0.4 is 14.8 Å². The number of methoxy groups -OCH3 is 1. The Balaban J connectivity index is 1.43. The van der Waals surface area contributed by atoms with Gasteiger partial charge in [-0.3, -0.25) is 0 Å². The Labute approximate surface area is 160 Å². The fourth-order valence-electron chi connectivity index (χ4n) is 3.84. The molecule has 2 heterocycles. The number of benzene rings is 2. The second kappa shape index (κ2) is 8.44. The van der Waals surface area contributed by atoms with Gasteiger partial charge in [0.25, 0.3) is 0 Å². The first kappa shape index (κ1) is 17.9. The maximum atomic E-state index is 5.88. The quantitative estimate of drug-likeness (QED) is 0.644. The van der Waals surface area contributed by atoms with Crippen molar-refractivity contribution in [3.63, 3.8) is 0 Å². The first-order chi connectivity index (χ1) is 13.3. The zero-order valence-electron chi connectivity index (χ0n) is 15.9. The van der Waals surface area contributed by atoms with Crippen molar-refractivity contribution >= 4 is 11.0 Å². The van der Waals surface area contributed by atoms with Crippen LogP contribution in [0.15, 0.2) is 48.5 Å². The topological polar surface area (TPSA) is 48.3 Å². The van der Waals surface area contributed by atoms with Gasteiger partial charge in [0.15, 0.2) is 0 Å². The summed E-state index contributed by atoms with van der Waals surface area (Å²) in [6, 6.07) is 16.8. The van der Waals surface area contributed by atoms with E-state index in [4.69, 9.17) is 14.5 Å². The molecule has 5 heteroatoms. The average molecular weight is 365 g/mol. The second-order valence-corrected chi connectivity index (χ2v) is 7.00. The Morgan fingerprint density at radius 1 is 1.04 bits per heavy atom. The summed E-state index contributed by atoms with van der Waals surface area (Å²) in [5.74, 6) is 2.90. The Bertz CT molecular complexity index is 867. The highest BCUT2D eigenvalue weighted by molar-refractivity contribution is 5.76. The van der Waals surface area contributed by atoms with E-state index in [9.17, 15) is 0 Å². The van der Waals surface area contributed by atoms with Gasteiger partial charge in [-0.05, 0) is 68.8 Å². The largest absolute Gasteiger partial charge is 0.497 e. The van der Waals surface area contributed by atoms with Crippen molar-refractivity contribution in [1.29, 1.82) is 0 Å². The summed E-state index contributed by atoms with van der Waals surface area (Å²) in [7, 11) is 1.67. The zero-order chi connectivity index (χ0) is 18.5. The number of rotatable bonds is 7. The Morgan fingerprint density at radius 3 is 2.56 bits per heavy atom. The van der Waals surface area contributed by atoms with Crippen molar-refractivity contribution in [2.75, 3.05) is 26.8 Å². The maximum absolute atomic E-state index is 5.88. The van der Waals surface area contributed by atoms with E-state index in [1.54, 1.807) is 7.11 Å². The summed E-state index contributed by atoms with van der Waals surface area (Å²) in [6.45, 7) is 2.84. The van der Waals surface area contributed by atoms with Gasteiger partial charge in [0.05, 0.1) is 24.8 Å². The van der Waals surface area contributed by atoms with E-state index in [0.717, 1.165) is 55.8 Å².